The van der Waals surface area contributed by atoms with Crippen molar-refractivity contribution in [3.05, 3.63) is 0 Å². The molecule has 0 radical (unpaired) electrons. The van der Waals surface area contributed by atoms with Gasteiger partial charge in [-0.15, -0.1) is 0 Å². The Kier molecular flexibility index (Phi) is 26.2. The first kappa shape index (κ1) is 15.7. The molecular formula is H3CaCrO3V. The van der Waals surface area contributed by atoms with E-state index in [1.54, 1.807) is 0 Å². The molecular weight excluding hydrogens is 191 g/mol. The number of hydrogen-bond acceptors (Lipinski definition) is 2. The van der Waals surface area contributed by atoms with E-state index in [2.05, 4.69) is 0 Å². The van der Waals surface area contributed by atoms with Gasteiger partial charge in [0.25, 0.3) is 0 Å². The molecule has 0 saturated heterocycles. The minimum atomic E-state index is -3.69. The first-order valence-corrected chi connectivity index (χ1v) is 2.33. The van der Waals surface area contributed by atoms with E-state index in [1.807, 2.05) is 0 Å². The molecule has 1 N–H and O–H groups in total. The average molecular weight is 194 g/mol. The van der Waals surface area contributed by atoms with Crippen molar-refractivity contribution < 1.29 is 44.1 Å². The molecule has 34 valence electrons. The first-order chi connectivity index (χ1) is 1.73. The third-order valence-electron chi connectivity index (χ3n) is 0. The second-order valence-corrected chi connectivity index (χ2v) is 0.981. The molecule has 0 heterocycles. The third kappa shape index (κ3) is 38.6. The van der Waals surface area contributed by atoms with Crippen LogP contribution in [0.2, 0.25) is 0 Å². The molecule has 0 amide bonds. The van der Waals surface area contributed by atoms with Crippen molar-refractivity contribution >= 4 is 37.7 Å². The van der Waals surface area contributed by atoms with Gasteiger partial charge in [0.2, 0.25) is 0 Å². The average Bonchev–Trinajstić information content (AvgIpc) is 0.811. The van der Waals surface area contributed by atoms with Gasteiger partial charge in [-0.1, -0.05) is 0 Å². The van der Waals surface area contributed by atoms with Crippen LogP contribution in [0.15, 0.2) is 0 Å². The van der Waals surface area contributed by atoms with Crippen molar-refractivity contribution in [2.75, 3.05) is 0 Å². The Bertz CT molecular complexity index is 59.2. The van der Waals surface area contributed by atoms with Gasteiger partial charge in [-0.3, -0.25) is 0 Å². The van der Waals surface area contributed by atoms with Crippen LogP contribution in [0.1, 0.15) is 0 Å². The van der Waals surface area contributed by atoms with Crippen LogP contribution in [0.25, 0.3) is 0 Å². The summed E-state index contributed by atoms with van der Waals surface area (Å²) in [4.78, 5) is 0. The molecule has 0 atom stereocenters. The maximum atomic E-state index is 8.67. The zero-order chi connectivity index (χ0) is 3.58. The maximum absolute atomic E-state index is 8.67. The molecule has 6 heavy (non-hydrogen) atoms. The Morgan fingerprint density at radius 3 is 1.33 bits per heavy atom. The van der Waals surface area contributed by atoms with Crippen LogP contribution in [-0.2, 0) is 40.1 Å². The van der Waals surface area contributed by atoms with Crippen molar-refractivity contribution in [1.29, 1.82) is 0 Å². The Morgan fingerprint density at radius 1 is 1.33 bits per heavy atom. The van der Waals surface area contributed by atoms with E-state index in [-0.39, 0.29) is 55.1 Å². The number of hydrogen-bond donors (Lipinski definition) is 1. The molecule has 3 nitrogen and oxygen atoms in total. The van der Waals surface area contributed by atoms with Gasteiger partial charge in [0, 0.05) is 17.4 Å². The Hall–Kier alpha value is 1.94. The normalized spacial score (nSPS) is 4.17. The molecule has 0 saturated carbocycles. The Morgan fingerprint density at radius 2 is 1.33 bits per heavy atom. The summed E-state index contributed by atoms with van der Waals surface area (Å²) in [5.41, 5.74) is 0. The van der Waals surface area contributed by atoms with Gasteiger partial charge in [0.1, 0.15) is 0 Å². The summed E-state index contributed by atoms with van der Waals surface area (Å²) in [6.45, 7) is 0. The van der Waals surface area contributed by atoms with Crippen LogP contribution in [0, 0.1) is 0 Å². The molecule has 0 aromatic heterocycles. The van der Waals surface area contributed by atoms with Gasteiger partial charge in [-0.05, 0) is 0 Å². The van der Waals surface area contributed by atoms with Gasteiger partial charge in [0.15, 0.2) is 0 Å². The first-order valence-electron chi connectivity index (χ1n) is 0.565. The molecule has 6 heteroatoms. The van der Waals surface area contributed by atoms with Crippen LogP contribution in [0.5, 0.6) is 0 Å². The van der Waals surface area contributed by atoms with Crippen molar-refractivity contribution in [3.8, 4) is 0 Å². The SMILES string of the molecule is [CaH2].[Cr].[O]=[V](=[O])[OH]. The summed E-state index contributed by atoms with van der Waals surface area (Å²) in [5.74, 6) is 0. The second-order valence-electron chi connectivity index (χ2n) is 0.238. The molecule has 0 aliphatic heterocycles. The van der Waals surface area contributed by atoms with Crippen LogP contribution >= 0.6 is 0 Å². The van der Waals surface area contributed by atoms with Crippen molar-refractivity contribution in [2.24, 2.45) is 0 Å². The molecule has 0 fully saturated rings. The monoisotopic (exact) mass is 194 g/mol. The molecule has 0 aliphatic carbocycles. The summed E-state index contributed by atoms with van der Waals surface area (Å²) in [7, 11) is 0. The van der Waals surface area contributed by atoms with E-state index in [1.165, 1.54) is 0 Å². The van der Waals surface area contributed by atoms with Gasteiger partial charge in [-0.2, -0.15) is 0 Å². The standard InChI is InChI=1S/Ca.Cr.H2O.2O.V.2H/h;;1H2;;;;;/q;;;;;+1;;/p-1. The fourth-order valence-corrected chi connectivity index (χ4v) is 0. The van der Waals surface area contributed by atoms with E-state index in [0.29, 0.717) is 0 Å². The molecule has 0 rings (SSSR count). The van der Waals surface area contributed by atoms with Crippen LogP contribution < -0.4 is 0 Å². The van der Waals surface area contributed by atoms with E-state index in [0.717, 1.165) is 0 Å². The van der Waals surface area contributed by atoms with Crippen molar-refractivity contribution in [2.45, 2.75) is 0 Å². The fourth-order valence-electron chi connectivity index (χ4n) is 0. The summed E-state index contributed by atoms with van der Waals surface area (Å²) < 4.78 is 24.4. The predicted octanol–water partition coefficient (Wildman–Crippen LogP) is -1.72. The fraction of sp³-hybridized carbons (Fsp3) is 0. The summed E-state index contributed by atoms with van der Waals surface area (Å²) >= 11 is -3.69. The molecule has 0 aromatic rings. The molecule has 0 bridgehead atoms. The van der Waals surface area contributed by atoms with Crippen molar-refractivity contribution in [1.82, 2.24) is 0 Å². The van der Waals surface area contributed by atoms with Gasteiger partial charge in [-0.25, -0.2) is 0 Å². The Labute approximate surface area is 80.6 Å². The van der Waals surface area contributed by atoms with Gasteiger partial charge in [0.05, 0.1) is 0 Å². The zero-order valence-electron chi connectivity index (χ0n) is 2.12. The van der Waals surface area contributed by atoms with Crippen LogP contribution in [0.4, 0.5) is 0 Å². The van der Waals surface area contributed by atoms with Crippen LogP contribution in [0.3, 0.4) is 0 Å². The topological polar surface area (TPSA) is 54.4 Å². The van der Waals surface area contributed by atoms with E-state index < -0.39 is 15.4 Å². The predicted molar refractivity (Wildman–Crippen MR) is 12.1 cm³/mol. The third-order valence-corrected chi connectivity index (χ3v) is 0. The summed E-state index contributed by atoms with van der Waals surface area (Å²) in [5, 5.41) is 0. The van der Waals surface area contributed by atoms with Crippen molar-refractivity contribution in [3.63, 3.8) is 0 Å². The van der Waals surface area contributed by atoms with E-state index in [4.69, 9.17) is 11.4 Å². The summed E-state index contributed by atoms with van der Waals surface area (Å²) in [6.07, 6.45) is 0. The molecule has 0 unspecified atom stereocenters. The quantitative estimate of drug-likeness (QED) is 0.467. The Balaban J connectivity index is -0.0000000450. The summed E-state index contributed by atoms with van der Waals surface area (Å²) in [6, 6.07) is 0. The number of rotatable bonds is 0. The second kappa shape index (κ2) is 10.0. The van der Waals surface area contributed by atoms with Crippen LogP contribution in [-0.4, -0.2) is 41.8 Å². The molecule has 0 aliphatic rings. The van der Waals surface area contributed by atoms with E-state index in [9.17, 15) is 0 Å². The van der Waals surface area contributed by atoms with Gasteiger partial charge < -0.3 is 0 Å². The van der Waals surface area contributed by atoms with Gasteiger partial charge >= 0.3 is 64.5 Å². The minimum absolute atomic E-state index is 0. The zero-order valence-corrected chi connectivity index (χ0v) is 4.79. The van der Waals surface area contributed by atoms with E-state index >= 15 is 0 Å². The molecule has 0 spiro atoms. The molecule has 0 aromatic carbocycles.